The molecule has 6 nitrogen and oxygen atoms in total. The minimum Gasteiger partial charge on any atom is -0.495 e. The molecular weight excluding hydrogens is 400 g/mol. The van der Waals surface area contributed by atoms with Crippen molar-refractivity contribution in [3.05, 3.63) is 53.1 Å². The molecule has 2 aromatic rings. The van der Waals surface area contributed by atoms with Gasteiger partial charge in [0.15, 0.2) is 0 Å². The number of carbonyl (C=O) groups excluding carboxylic acids is 1. The Morgan fingerprint density at radius 3 is 2.46 bits per heavy atom. The van der Waals surface area contributed by atoms with Crippen LogP contribution in [0, 0.1) is 12.8 Å². The van der Waals surface area contributed by atoms with Gasteiger partial charge in [-0.25, -0.2) is 8.42 Å². The van der Waals surface area contributed by atoms with Gasteiger partial charge < -0.3 is 10.1 Å². The minimum atomic E-state index is -3.66. The molecule has 0 radical (unpaired) electrons. The summed E-state index contributed by atoms with van der Waals surface area (Å²) >= 11 is 6.07. The molecule has 0 atom stereocenters. The standard InChI is InChI=1S/C20H23ClN2O4S/c1-14-5-3-4-6-18(14)22-20(24)15-9-11-23(12-10-15)28(25,26)16-7-8-19(27-2)17(21)13-16/h3-8,13,15H,9-12H2,1-2H3,(H,22,24). The summed E-state index contributed by atoms with van der Waals surface area (Å²) in [6, 6.07) is 12.0. The van der Waals surface area contributed by atoms with Crippen molar-refractivity contribution in [1.29, 1.82) is 0 Å². The van der Waals surface area contributed by atoms with Gasteiger partial charge in [0.2, 0.25) is 15.9 Å². The average Bonchev–Trinajstić information content (AvgIpc) is 2.69. The minimum absolute atomic E-state index is 0.0705. The molecule has 1 fully saturated rings. The monoisotopic (exact) mass is 422 g/mol. The number of anilines is 1. The molecule has 0 aromatic heterocycles. The van der Waals surface area contributed by atoms with E-state index in [2.05, 4.69) is 5.32 Å². The first-order chi connectivity index (χ1) is 13.3. The summed E-state index contributed by atoms with van der Waals surface area (Å²) in [7, 11) is -2.19. The number of sulfonamides is 1. The number of hydrogen-bond acceptors (Lipinski definition) is 4. The number of nitrogens with zero attached hydrogens (tertiary/aromatic N) is 1. The summed E-state index contributed by atoms with van der Waals surface area (Å²) in [5.41, 5.74) is 1.78. The van der Waals surface area contributed by atoms with Crippen molar-refractivity contribution < 1.29 is 17.9 Å². The number of para-hydroxylation sites is 1. The Labute approximate surface area is 170 Å². The van der Waals surface area contributed by atoms with E-state index in [0.717, 1.165) is 11.3 Å². The van der Waals surface area contributed by atoms with Crippen LogP contribution in [-0.4, -0.2) is 38.8 Å². The molecule has 0 spiro atoms. The predicted octanol–water partition coefficient (Wildman–Crippen LogP) is 3.70. The van der Waals surface area contributed by atoms with Crippen LogP contribution in [0.3, 0.4) is 0 Å². The Kier molecular flexibility index (Phi) is 6.27. The van der Waals surface area contributed by atoms with Crippen molar-refractivity contribution in [2.24, 2.45) is 5.92 Å². The summed E-state index contributed by atoms with van der Waals surface area (Å²) in [6.45, 7) is 2.51. The summed E-state index contributed by atoms with van der Waals surface area (Å²) in [4.78, 5) is 12.7. The van der Waals surface area contributed by atoms with Crippen LogP contribution >= 0.6 is 11.6 Å². The lowest BCUT2D eigenvalue weighted by molar-refractivity contribution is -0.120. The van der Waals surface area contributed by atoms with E-state index < -0.39 is 10.0 Å². The number of ether oxygens (including phenoxy) is 1. The Hall–Kier alpha value is -2.09. The summed E-state index contributed by atoms with van der Waals surface area (Å²) in [6.07, 6.45) is 0.946. The number of carbonyl (C=O) groups is 1. The van der Waals surface area contributed by atoms with Gasteiger partial charge in [-0.2, -0.15) is 4.31 Å². The van der Waals surface area contributed by atoms with Crippen molar-refractivity contribution in [1.82, 2.24) is 4.31 Å². The van der Waals surface area contributed by atoms with Crippen LogP contribution in [0.1, 0.15) is 18.4 Å². The van der Waals surface area contributed by atoms with Crippen LogP contribution < -0.4 is 10.1 Å². The number of nitrogens with one attached hydrogen (secondary N) is 1. The maximum absolute atomic E-state index is 12.9. The molecule has 150 valence electrons. The molecule has 0 bridgehead atoms. The molecule has 8 heteroatoms. The second-order valence-electron chi connectivity index (χ2n) is 6.78. The number of rotatable bonds is 5. The smallest absolute Gasteiger partial charge is 0.243 e. The zero-order valence-corrected chi connectivity index (χ0v) is 17.4. The molecular formula is C20H23ClN2O4S. The first-order valence-electron chi connectivity index (χ1n) is 9.03. The highest BCUT2D eigenvalue weighted by molar-refractivity contribution is 7.89. The maximum Gasteiger partial charge on any atom is 0.243 e. The van der Waals surface area contributed by atoms with Gasteiger partial charge in [0.1, 0.15) is 5.75 Å². The highest BCUT2D eigenvalue weighted by Gasteiger charge is 2.32. The third-order valence-corrected chi connectivity index (χ3v) is 7.18. The highest BCUT2D eigenvalue weighted by atomic mass is 35.5. The fraction of sp³-hybridized carbons (Fsp3) is 0.350. The largest absolute Gasteiger partial charge is 0.495 e. The molecule has 1 aliphatic rings. The Bertz CT molecular complexity index is 970. The van der Waals surface area contributed by atoms with Crippen molar-refractivity contribution in [3.63, 3.8) is 0 Å². The lowest BCUT2D eigenvalue weighted by atomic mass is 9.97. The molecule has 28 heavy (non-hydrogen) atoms. The SMILES string of the molecule is COc1ccc(S(=O)(=O)N2CCC(C(=O)Nc3ccccc3C)CC2)cc1Cl. The summed E-state index contributed by atoms with van der Waals surface area (Å²) in [5.74, 6) is 0.136. The van der Waals surface area contributed by atoms with Gasteiger partial charge in [-0.1, -0.05) is 29.8 Å². The Morgan fingerprint density at radius 2 is 1.86 bits per heavy atom. The van der Waals surface area contributed by atoms with Gasteiger partial charge in [0, 0.05) is 24.7 Å². The lowest BCUT2D eigenvalue weighted by Crippen LogP contribution is -2.41. The van der Waals surface area contributed by atoms with E-state index in [9.17, 15) is 13.2 Å². The Balaban J connectivity index is 1.65. The third-order valence-electron chi connectivity index (χ3n) is 4.99. The van der Waals surface area contributed by atoms with Crippen LogP contribution in [0.15, 0.2) is 47.4 Å². The predicted molar refractivity (Wildman–Crippen MR) is 109 cm³/mol. The number of aryl methyl sites for hydroxylation is 1. The number of amides is 1. The summed E-state index contributed by atoms with van der Waals surface area (Å²) < 4.78 is 32.2. The highest BCUT2D eigenvalue weighted by Crippen LogP contribution is 2.30. The van der Waals surface area contributed by atoms with Crippen LogP contribution in [0.2, 0.25) is 5.02 Å². The van der Waals surface area contributed by atoms with Gasteiger partial charge in [-0.3, -0.25) is 4.79 Å². The second-order valence-corrected chi connectivity index (χ2v) is 9.12. The zero-order valence-electron chi connectivity index (χ0n) is 15.8. The van der Waals surface area contributed by atoms with E-state index in [0.29, 0.717) is 18.6 Å². The fourth-order valence-corrected chi connectivity index (χ4v) is 5.08. The summed E-state index contributed by atoms with van der Waals surface area (Å²) in [5, 5.41) is 3.19. The van der Waals surface area contributed by atoms with Gasteiger partial charge in [0.25, 0.3) is 0 Å². The molecule has 2 aromatic carbocycles. The molecule has 3 rings (SSSR count). The fourth-order valence-electron chi connectivity index (χ4n) is 3.26. The van der Waals surface area contributed by atoms with Crippen molar-refractivity contribution >= 4 is 33.2 Å². The number of halogens is 1. The van der Waals surface area contributed by atoms with Crippen LogP contribution in [-0.2, 0) is 14.8 Å². The van der Waals surface area contributed by atoms with E-state index in [1.165, 1.54) is 29.6 Å². The number of methoxy groups -OCH3 is 1. The molecule has 0 unspecified atom stereocenters. The van der Waals surface area contributed by atoms with Gasteiger partial charge in [-0.15, -0.1) is 0 Å². The quantitative estimate of drug-likeness (QED) is 0.797. The van der Waals surface area contributed by atoms with Gasteiger partial charge >= 0.3 is 0 Å². The molecule has 1 amide bonds. The number of hydrogen-bond donors (Lipinski definition) is 1. The van der Waals surface area contributed by atoms with Gasteiger partial charge in [-0.05, 0) is 49.6 Å². The molecule has 0 saturated carbocycles. The van der Waals surface area contributed by atoms with E-state index in [1.54, 1.807) is 0 Å². The lowest BCUT2D eigenvalue weighted by Gasteiger charge is -2.30. The van der Waals surface area contributed by atoms with Crippen LogP contribution in [0.5, 0.6) is 5.75 Å². The second kappa shape index (κ2) is 8.51. The molecule has 0 aliphatic carbocycles. The van der Waals surface area contributed by atoms with E-state index >= 15 is 0 Å². The average molecular weight is 423 g/mol. The normalized spacial score (nSPS) is 16.0. The van der Waals surface area contributed by atoms with Crippen molar-refractivity contribution in [2.75, 3.05) is 25.5 Å². The van der Waals surface area contributed by atoms with Crippen LogP contribution in [0.25, 0.3) is 0 Å². The molecule has 1 aliphatic heterocycles. The van der Waals surface area contributed by atoms with E-state index in [4.69, 9.17) is 16.3 Å². The maximum atomic E-state index is 12.9. The first-order valence-corrected chi connectivity index (χ1v) is 10.8. The van der Waals surface area contributed by atoms with Crippen molar-refractivity contribution in [3.8, 4) is 5.75 Å². The zero-order chi connectivity index (χ0) is 20.3. The van der Waals surface area contributed by atoms with Crippen molar-refractivity contribution in [2.45, 2.75) is 24.7 Å². The van der Waals surface area contributed by atoms with Crippen LogP contribution in [0.4, 0.5) is 5.69 Å². The van der Waals surface area contributed by atoms with E-state index in [1.807, 2.05) is 31.2 Å². The third kappa shape index (κ3) is 4.32. The Morgan fingerprint density at radius 1 is 1.18 bits per heavy atom. The molecule has 1 N–H and O–H groups in total. The van der Waals surface area contributed by atoms with Gasteiger partial charge in [0.05, 0.1) is 17.0 Å². The first kappa shape index (κ1) is 20.6. The molecule has 1 saturated heterocycles. The van der Waals surface area contributed by atoms with E-state index in [-0.39, 0.29) is 34.8 Å². The molecule has 1 heterocycles. The topological polar surface area (TPSA) is 75.7 Å². The number of benzene rings is 2. The number of piperidine rings is 1.